The number of ether oxygens (including phenoxy) is 2. The first-order chi connectivity index (χ1) is 15.9. The quantitative estimate of drug-likeness (QED) is 0.395. The van der Waals surface area contributed by atoms with Crippen molar-refractivity contribution >= 4 is 55.8 Å². The van der Waals surface area contributed by atoms with Crippen molar-refractivity contribution in [2.45, 2.75) is 44.7 Å². The molecule has 10 nitrogen and oxygen atoms in total. The third kappa shape index (κ3) is 7.00. The molecule has 34 heavy (non-hydrogen) atoms. The number of thiophene rings is 1. The number of aryl methyl sites for hydroxylation is 1. The van der Waals surface area contributed by atoms with E-state index in [4.69, 9.17) is 21.1 Å². The average Bonchev–Trinajstić information content (AvgIpc) is 3.03. The van der Waals surface area contributed by atoms with Crippen molar-refractivity contribution in [2.75, 3.05) is 18.5 Å². The van der Waals surface area contributed by atoms with Crippen molar-refractivity contribution in [3.8, 4) is 0 Å². The normalized spacial score (nSPS) is 13.1. The highest BCUT2D eigenvalue weighted by molar-refractivity contribution is 7.89. The summed E-state index contributed by atoms with van der Waals surface area (Å²) in [6.45, 7) is 5.73. The maximum atomic E-state index is 12.5. The third-order valence-corrected chi connectivity index (χ3v) is 7.44. The molecule has 0 saturated carbocycles. The van der Waals surface area contributed by atoms with Gasteiger partial charge in [0.2, 0.25) is 10.0 Å². The number of nitrogens with one attached hydrogen (secondary N) is 2. The lowest BCUT2D eigenvalue weighted by Crippen LogP contribution is -2.48. The van der Waals surface area contributed by atoms with Gasteiger partial charge in [-0.15, -0.1) is 11.3 Å². The zero-order chi connectivity index (χ0) is 25.6. The lowest BCUT2D eigenvalue weighted by Gasteiger charge is -2.20. The van der Waals surface area contributed by atoms with Crippen LogP contribution in [0.5, 0.6) is 0 Å². The average molecular weight is 533 g/mol. The Morgan fingerprint density at radius 1 is 1.15 bits per heavy atom. The van der Waals surface area contributed by atoms with Crippen LogP contribution in [0.1, 0.15) is 34.6 Å². The van der Waals surface area contributed by atoms with E-state index in [2.05, 4.69) is 10.0 Å². The summed E-state index contributed by atoms with van der Waals surface area (Å²) in [6.07, 6.45) is -1.46. The molecule has 2 aromatic rings. The number of anilines is 1. The van der Waals surface area contributed by atoms with Crippen molar-refractivity contribution < 1.29 is 37.4 Å². The number of benzene rings is 1. The lowest BCUT2D eigenvalue weighted by molar-refractivity contribution is -0.151. The Labute approximate surface area is 206 Å². The molecule has 0 bridgehead atoms. The third-order valence-electron chi connectivity index (χ3n) is 4.61. The summed E-state index contributed by atoms with van der Waals surface area (Å²) in [5.41, 5.74) is 0.864. The standard InChI is InChI=1S/C21H25ClN2O8S2/c1-5-31-20(27)17-11(2)13(4)33-19(17)23-16(26)10-32-21(28)18(12(3)25)24-34(29,30)15-8-6-14(22)7-9-15/h6-9,12,18,24-25H,5,10H2,1-4H3,(H,23,26)/t12-,18-/m1/s1. The van der Waals surface area contributed by atoms with E-state index in [1.54, 1.807) is 20.8 Å². The summed E-state index contributed by atoms with van der Waals surface area (Å²) in [6, 6.07) is 3.50. The van der Waals surface area contributed by atoms with Crippen molar-refractivity contribution in [2.24, 2.45) is 0 Å². The monoisotopic (exact) mass is 532 g/mol. The second-order valence-electron chi connectivity index (χ2n) is 7.16. The van der Waals surface area contributed by atoms with Crippen LogP contribution in [0.3, 0.4) is 0 Å². The predicted octanol–water partition coefficient (Wildman–Crippen LogP) is 2.40. The Morgan fingerprint density at radius 2 is 1.76 bits per heavy atom. The molecular weight excluding hydrogens is 508 g/mol. The zero-order valence-corrected chi connectivity index (χ0v) is 21.3. The van der Waals surface area contributed by atoms with E-state index >= 15 is 0 Å². The molecule has 0 radical (unpaired) electrons. The highest BCUT2D eigenvalue weighted by Gasteiger charge is 2.31. The summed E-state index contributed by atoms with van der Waals surface area (Å²) in [5, 5.41) is 13.0. The fourth-order valence-electron chi connectivity index (χ4n) is 2.75. The number of esters is 2. The number of hydrogen-bond acceptors (Lipinski definition) is 9. The Bertz CT molecular complexity index is 1160. The van der Waals surface area contributed by atoms with E-state index in [0.29, 0.717) is 10.6 Å². The summed E-state index contributed by atoms with van der Waals surface area (Å²) >= 11 is 6.92. The Balaban J connectivity index is 2.07. The molecule has 0 aliphatic carbocycles. The van der Waals surface area contributed by atoms with Gasteiger partial charge in [0.15, 0.2) is 6.61 Å². The minimum atomic E-state index is -4.20. The van der Waals surface area contributed by atoms with Crippen LogP contribution in [0.2, 0.25) is 5.02 Å². The van der Waals surface area contributed by atoms with Gasteiger partial charge < -0.3 is 19.9 Å². The van der Waals surface area contributed by atoms with Gasteiger partial charge in [-0.25, -0.2) is 13.2 Å². The number of carbonyl (C=O) groups excluding carboxylic acids is 3. The van der Waals surface area contributed by atoms with Gasteiger partial charge in [-0.3, -0.25) is 9.59 Å². The molecule has 1 aromatic carbocycles. The van der Waals surface area contributed by atoms with Crippen molar-refractivity contribution in [1.82, 2.24) is 4.72 Å². The molecular formula is C21H25ClN2O8S2. The maximum Gasteiger partial charge on any atom is 0.341 e. The van der Waals surface area contributed by atoms with Crippen molar-refractivity contribution in [1.29, 1.82) is 0 Å². The molecule has 186 valence electrons. The van der Waals surface area contributed by atoms with Crippen molar-refractivity contribution in [3.05, 3.63) is 45.3 Å². The van der Waals surface area contributed by atoms with Crippen LogP contribution in [0, 0.1) is 13.8 Å². The molecule has 0 saturated heterocycles. The molecule has 1 aromatic heterocycles. The predicted molar refractivity (Wildman–Crippen MR) is 127 cm³/mol. The Kier molecular flexibility index (Phi) is 9.59. The van der Waals surface area contributed by atoms with E-state index in [1.165, 1.54) is 31.2 Å². The van der Waals surface area contributed by atoms with E-state index in [0.717, 1.165) is 16.2 Å². The number of carbonyl (C=O) groups is 3. The number of amides is 1. The fourth-order valence-corrected chi connectivity index (χ4v) is 5.19. The molecule has 3 N–H and O–H groups in total. The molecule has 0 unspecified atom stereocenters. The summed E-state index contributed by atoms with van der Waals surface area (Å²) in [7, 11) is -4.20. The summed E-state index contributed by atoms with van der Waals surface area (Å²) < 4.78 is 37.1. The second-order valence-corrected chi connectivity index (χ2v) is 10.5. The number of hydrogen-bond donors (Lipinski definition) is 3. The first-order valence-corrected chi connectivity index (χ1v) is 12.7. The molecule has 0 fully saturated rings. The molecule has 2 atom stereocenters. The first kappa shape index (κ1) is 27.7. The van der Waals surface area contributed by atoms with Crippen LogP contribution in [-0.4, -0.2) is 56.7 Å². The molecule has 2 rings (SSSR count). The van der Waals surface area contributed by atoms with Crippen LogP contribution >= 0.6 is 22.9 Å². The first-order valence-electron chi connectivity index (χ1n) is 10.1. The highest BCUT2D eigenvalue weighted by atomic mass is 35.5. The van der Waals surface area contributed by atoms with Crippen LogP contribution < -0.4 is 10.0 Å². The highest BCUT2D eigenvalue weighted by Crippen LogP contribution is 2.33. The minimum absolute atomic E-state index is 0.158. The number of sulfonamides is 1. The molecule has 1 heterocycles. The van der Waals surface area contributed by atoms with Crippen LogP contribution in [0.4, 0.5) is 5.00 Å². The van der Waals surface area contributed by atoms with Crippen LogP contribution in [0.15, 0.2) is 29.2 Å². The topological polar surface area (TPSA) is 148 Å². The molecule has 1 amide bonds. The van der Waals surface area contributed by atoms with E-state index in [9.17, 15) is 27.9 Å². The van der Waals surface area contributed by atoms with Gasteiger partial charge in [-0.2, -0.15) is 4.72 Å². The fraction of sp³-hybridized carbons (Fsp3) is 0.381. The van der Waals surface area contributed by atoms with Gasteiger partial charge in [0.25, 0.3) is 5.91 Å². The molecule has 0 aliphatic rings. The van der Waals surface area contributed by atoms with Gasteiger partial charge in [0.1, 0.15) is 11.0 Å². The van der Waals surface area contributed by atoms with E-state index in [-0.39, 0.29) is 22.1 Å². The molecule has 13 heteroatoms. The number of aliphatic hydroxyl groups excluding tert-OH is 1. The second kappa shape index (κ2) is 11.8. The molecule has 0 spiro atoms. The SMILES string of the molecule is CCOC(=O)c1c(NC(=O)COC(=O)[C@H](NS(=O)(=O)c2ccc(Cl)cc2)[C@@H](C)O)sc(C)c1C. The maximum absolute atomic E-state index is 12.5. The molecule has 0 aliphatic heterocycles. The summed E-state index contributed by atoms with van der Waals surface area (Å²) in [5.74, 6) is -2.51. The Hall–Kier alpha value is -2.51. The van der Waals surface area contributed by atoms with Gasteiger partial charge in [-0.05, 0) is 57.5 Å². The van der Waals surface area contributed by atoms with Gasteiger partial charge in [0, 0.05) is 9.90 Å². The number of aliphatic hydroxyl groups is 1. The largest absolute Gasteiger partial charge is 0.462 e. The van der Waals surface area contributed by atoms with E-state index < -0.39 is 46.6 Å². The minimum Gasteiger partial charge on any atom is -0.462 e. The lowest BCUT2D eigenvalue weighted by atomic mass is 10.1. The van der Waals surface area contributed by atoms with Crippen molar-refractivity contribution in [3.63, 3.8) is 0 Å². The van der Waals surface area contributed by atoms with Crippen LogP contribution in [0.25, 0.3) is 0 Å². The van der Waals surface area contributed by atoms with Crippen LogP contribution in [-0.2, 0) is 29.1 Å². The zero-order valence-electron chi connectivity index (χ0n) is 18.9. The van der Waals surface area contributed by atoms with E-state index in [1.807, 2.05) is 0 Å². The Morgan fingerprint density at radius 3 is 2.32 bits per heavy atom. The summed E-state index contributed by atoms with van der Waals surface area (Å²) in [4.78, 5) is 37.6. The van der Waals surface area contributed by atoms with Gasteiger partial charge in [0.05, 0.1) is 23.2 Å². The van der Waals surface area contributed by atoms with Gasteiger partial charge in [-0.1, -0.05) is 11.6 Å². The number of rotatable bonds is 10. The van der Waals surface area contributed by atoms with Gasteiger partial charge >= 0.3 is 11.9 Å². The number of halogens is 1. The smallest absolute Gasteiger partial charge is 0.341 e.